The van der Waals surface area contributed by atoms with Crippen molar-refractivity contribution in [2.45, 2.75) is 19.1 Å². The zero-order valence-electron chi connectivity index (χ0n) is 8.74. The lowest BCUT2D eigenvalue weighted by Crippen LogP contribution is -3.00. The molecule has 2 unspecified atom stereocenters. The molecule has 3 N–H and O–H groups in total. The van der Waals surface area contributed by atoms with Crippen LogP contribution in [0.25, 0.3) is 0 Å². The summed E-state index contributed by atoms with van der Waals surface area (Å²) in [4.78, 5) is 0. The molecule has 0 amide bonds. The van der Waals surface area contributed by atoms with Crippen molar-refractivity contribution in [3.63, 3.8) is 0 Å². The van der Waals surface area contributed by atoms with Crippen LogP contribution in [0.5, 0.6) is 0 Å². The first-order valence-corrected chi connectivity index (χ1v) is 4.88. The molecule has 0 aliphatic heterocycles. The van der Waals surface area contributed by atoms with Gasteiger partial charge >= 0.3 is 0 Å². The number of hydrogen-bond acceptors (Lipinski definition) is 1. The van der Waals surface area contributed by atoms with Crippen molar-refractivity contribution >= 4 is 0 Å². The molecule has 1 aromatic carbocycles. The minimum absolute atomic E-state index is 0. The third-order valence-corrected chi connectivity index (χ3v) is 2.29. The fraction of sp³-hybridized carbons (Fsp3) is 0.455. The summed E-state index contributed by atoms with van der Waals surface area (Å²) in [5, 5.41) is 11.7. The van der Waals surface area contributed by atoms with Gasteiger partial charge in [0.1, 0.15) is 25.4 Å². The van der Waals surface area contributed by atoms with E-state index >= 15 is 0 Å². The van der Waals surface area contributed by atoms with Crippen molar-refractivity contribution < 1.29 is 27.2 Å². The summed E-state index contributed by atoms with van der Waals surface area (Å²) in [6, 6.07) is 9.44. The van der Waals surface area contributed by atoms with Crippen LogP contribution in [-0.4, -0.2) is 24.4 Å². The molecule has 0 fully saturated rings. The van der Waals surface area contributed by atoms with Crippen LogP contribution in [-0.2, 0) is 0 Å². The number of benzene rings is 1. The Morgan fingerprint density at radius 1 is 1.33 bits per heavy atom. The highest BCUT2D eigenvalue weighted by atomic mass is 35.5. The second kappa shape index (κ2) is 7.63. The lowest BCUT2D eigenvalue weighted by molar-refractivity contribution is -0.694. The fourth-order valence-corrected chi connectivity index (χ4v) is 1.41. The minimum Gasteiger partial charge on any atom is -1.00 e. The van der Waals surface area contributed by atoms with E-state index in [0.717, 1.165) is 5.56 Å². The standard InChI is InChI=1S/C11H16FNO.ClH/c1-9(13-8-7-12)11(14)10-5-3-2-4-6-10;/h2-6,9,11,13-14H,7-8H2,1H3;1H. The molecule has 0 aliphatic rings. The third kappa shape index (κ3) is 4.60. The van der Waals surface area contributed by atoms with E-state index in [9.17, 15) is 9.50 Å². The number of alkyl halides is 1. The molecule has 2 nitrogen and oxygen atoms in total. The topological polar surface area (TPSA) is 36.8 Å². The third-order valence-electron chi connectivity index (χ3n) is 2.29. The number of aliphatic hydroxyl groups excluding tert-OH is 1. The molecule has 0 radical (unpaired) electrons. The zero-order chi connectivity index (χ0) is 10.4. The Hall–Kier alpha value is -0.640. The van der Waals surface area contributed by atoms with Crippen LogP contribution in [0.15, 0.2) is 30.3 Å². The number of hydrogen-bond donors (Lipinski definition) is 2. The molecule has 0 saturated heterocycles. The van der Waals surface area contributed by atoms with Gasteiger partial charge < -0.3 is 22.8 Å². The normalized spacial score (nSPS) is 14.1. The second-order valence-corrected chi connectivity index (χ2v) is 3.43. The number of nitrogens with two attached hydrogens (primary N) is 1. The van der Waals surface area contributed by atoms with E-state index in [1.54, 1.807) is 0 Å². The van der Waals surface area contributed by atoms with Gasteiger partial charge in [0.2, 0.25) is 0 Å². The average Bonchev–Trinajstić information content (AvgIpc) is 2.26. The molecular formula is C11H17ClFNO. The molecule has 0 aliphatic carbocycles. The maximum Gasteiger partial charge on any atom is 0.138 e. The van der Waals surface area contributed by atoms with Crippen LogP contribution in [0, 0.1) is 0 Å². The summed E-state index contributed by atoms with van der Waals surface area (Å²) in [6.45, 7) is 1.95. The van der Waals surface area contributed by atoms with E-state index in [4.69, 9.17) is 0 Å². The van der Waals surface area contributed by atoms with Crippen LogP contribution < -0.4 is 17.7 Å². The van der Waals surface area contributed by atoms with Crippen LogP contribution >= 0.6 is 0 Å². The maximum atomic E-state index is 11.9. The van der Waals surface area contributed by atoms with E-state index in [1.165, 1.54) is 0 Å². The van der Waals surface area contributed by atoms with Gasteiger partial charge in [-0.05, 0) is 12.5 Å². The lowest BCUT2D eigenvalue weighted by Gasteiger charge is -2.16. The number of quaternary nitrogens is 1. The first kappa shape index (κ1) is 14.4. The Balaban J connectivity index is 0.00000196. The van der Waals surface area contributed by atoms with E-state index < -0.39 is 6.10 Å². The Labute approximate surface area is 95.9 Å². The summed E-state index contributed by atoms with van der Waals surface area (Å²) in [5.74, 6) is 0. The van der Waals surface area contributed by atoms with Gasteiger partial charge in [-0.2, -0.15) is 0 Å². The largest absolute Gasteiger partial charge is 1.00 e. The molecule has 1 aromatic rings. The lowest BCUT2D eigenvalue weighted by atomic mass is 10.0. The summed E-state index contributed by atoms with van der Waals surface area (Å²) < 4.78 is 11.9. The van der Waals surface area contributed by atoms with Gasteiger partial charge in [0.15, 0.2) is 0 Å². The number of halogens is 2. The van der Waals surface area contributed by atoms with Gasteiger partial charge in [0.05, 0.1) is 0 Å². The van der Waals surface area contributed by atoms with E-state index in [1.807, 2.05) is 42.6 Å². The monoisotopic (exact) mass is 233 g/mol. The van der Waals surface area contributed by atoms with E-state index in [0.29, 0.717) is 6.54 Å². The molecule has 0 heterocycles. The smallest absolute Gasteiger partial charge is 0.138 e. The van der Waals surface area contributed by atoms with Crippen molar-refractivity contribution in [1.29, 1.82) is 0 Å². The molecule has 0 spiro atoms. The highest BCUT2D eigenvalue weighted by Gasteiger charge is 2.18. The maximum absolute atomic E-state index is 11.9. The molecule has 4 heteroatoms. The zero-order valence-corrected chi connectivity index (χ0v) is 9.49. The van der Waals surface area contributed by atoms with Gasteiger partial charge in [0, 0.05) is 0 Å². The molecule has 86 valence electrons. The van der Waals surface area contributed by atoms with Crippen molar-refractivity contribution in [3.05, 3.63) is 35.9 Å². The van der Waals surface area contributed by atoms with Gasteiger partial charge in [-0.1, -0.05) is 30.3 Å². The quantitative estimate of drug-likeness (QED) is 0.587. The molecule has 15 heavy (non-hydrogen) atoms. The fourth-order valence-electron chi connectivity index (χ4n) is 1.41. The summed E-state index contributed by atoms with van der Waals surface area (Å²) in [7, 11) is 0. The summed E-state index contributed by atoms with van der Waals surface area (Å²) in [5.41, 5.74) is 0.884. The Morgan fingerprint density at radius 2 is 1.93 bits per heavy atom. The highest BCUT2D eigenvalue weighted by molar-refractivity contribution is 5.17. The minimum atomic E-state index is -0.525. The Bertz CT molecular complexity index is 258. The van der Waals surface area contributed by atoms with E-state index in [-0.39, 0.29) is 25.1 Å². The van der Waals surface area contributed by atoms with Gasteiger partial charge in [-0.15, -0.1) is 0 Å². The Morgan fingerprint density at radius 3 is 2.47 bits per heavy atom. The van der Waals surface area contributed by atoms with Crippen LogP contribution in [0.1, 0.15) is 18.6 Å². The van der Waals surface area contributed by atoms with Gasteiger partial charge in [-0.3, -0.25) is 0 Å². The van der Waals surface area contributed by atoms with Crippen LogP contribution in [0.4, 0.5) is 4.39 Å². The molecule has 0 aromatic heterocycles. The summed E-state index contributed by atoms with van der Waals surface area (Å²) >= 11 is 0. The van der Waals surface area contributed by atoms with Gasteiger partial charge in [-0.25, -0.2) is 4.39 Å². The van der Waals surface area contributed by atoms with E-state index in [2.05, 4.69) is 0 Å². The first-order chi connectivity index (χ1) is 6.75. The van der Waals surface area contributed by atoms with Crippen molar-refractivity contribution in [3.8, 4) is 0 Å². The Kier molecular flexibility index (Phi) is 7.30. The van der Waals surface area contributed by atoms with Crippen molar-refractivity contribution in [2.24, 2.45) is 0 Å². The number of aliphatic hydroxyl groups is 1. The summed E-state index contributed by atoms with van der Waals surface area (Å²) in [6.07, 6.45) is -0.525. The first-order valence-electron chi connectivity index (χ1n) is 4.88. The molecule has 2 atom stereocenters. The van der Waals surface area contributed by atoms with Crippen molar-refractivity contribution in [1.82, 2.24) is 0 Å². The molecule has 0 saturated carbocycles. The highest BCUT2D eigenvalue weighted by Crippen LogP contribution is 2.13. The SMILES string of the molecule is CC([NH2+]CCF)C(O)c1ccccc1.[Cl-]. The van der Waals surface area contributed by atoms with Gasteiger partial charge in [0.25, 0.3) is 0 Å². The molecule has 1 rings (SSSR count). The number of rotatable bonds is 5. The molecule has 0 bridgehead atoms. The van der Waals surface area contributed by atoms with Crippen LogP contribution in [0.2, 0.25) is 0 Å². The van der Waals surface area contributed by atoms with Crippen LogP contribution in [0.3, 0.4) is 0 Å². The molecular weight excluding hydrogens is 217 g/mol. The predicted octanol–water partition coefficient (Wildman–Crippen LogP) is -2.35. The average molecular weight is 234 g/mol. The second-order valence-electron chi connectivity index (χ2n) is 3.43. The van der Waals surface area contributed by atoms with Crippen molar-refractivity contribution in [2.75, 3.05) is 13.2 Å². The predicted molar refractivity (Wildman–Crippen MR) is 53.6 cm³/mol.